The molecule has 1 fully saturated rings. The Morgan fingerprint density at radius 3 is 2.17 bits per heavy atom. The topological polar surface area (TPSA) is 32.3 Å². The third-order valence-corrected chi connectivity index (χ3v) is 3.70. The van der Waals surface area contributed by atoms with E-state index in [2.05, 4.69) is 5.32 Å². The van der Waals surface area contributed by atoms with Gasteiger partial charge in [0.15, 0.2) is 0 Å². The van der Waals surface area contributed by atoms with Gasteiger partial charge in [-0.3, -0.25) is 0 Å². The van der Waals surface area contributed by atoms with Gasteiger partial charge in [-0.15, -0.1) is 0 Å². The van der Waals surface area contributed by atoms with Crippen molar-refractivity contribution in [3.05, 3.63) is 27.2 Å². The Bertz CT molecular complexity index is 436. The molecule has 1 aromatic rings. The van der Waals surface area contributed by atoms with E-state index < -0.39 is 0 Å². The molecular weight excluding hydrogens is 295 g/mol. The van der Waals surface area contributed by atoms with E-state index in [4.69, 9.17) is 34.8 Å². The van der Waals surface area contributed by atoms with Crippen molar-refractivity contribution in [1.29, 1.82) is 0 Å². The molecule has 1 aliphatic rings. The average molecular weight is 308 g/mol. The molecule has 0 saturated carbocycles. The minimum atomic E-state index is -0.166. The quantitative estimate of drug-likeness (QED) is 0.803. The summed E-state index contributed by atoms with van der Waals surface area (Å²) in [5, 5.41) is 3.88. The summed E-state index contributed by atoms with van der Waals surface area (Å²) in [6.45, 7) is 1.54. The van der Waals surface area contributed by atoms with Gasteiger partial charge in [-0.2, -0.15) is 0 Å². The highest BCUT2D eigenvalue weighted by Crippen LogP contribution is 2.33. The molecule has 0 atom stereocenters. The number of carbonyl (C=O) groups excluding carboxylic acids is 1. The van der Waals surface area contributed by atoms with Crippen molar-refractivity contribution in [2.75, 3.05) is 18.4 Å². The van der Waals surface area contributed by atoms with Crippen LogP contribution < -0.4 is 5.32 Å². The largest absolute Gasteiger partial charge is 0.325 e. The summed E-state index contributed by atoms with van der Waals surface area (Å²) in [4.78, 5) is 13.8. The van der Waals surface area contributed by atoms with Crippen LogP contribution in [0.2, 0.25) is 15.1 Å². The van der Waals surface area contributed by atoms with Gasteiger partial charge in [0, 0.05) is 18.1 Å². The number of hydrogen-bond acceptors (Lipinski definition) is 1. The maximum Gasteiger partial charge on any atom is 0.321 e. The van der Waals surface area contributed by atoms with Crippen molar-refractivity contribution in [1.82, 2.24) is 4.90 Å². The first kappa shape index (κ1) is 13.8. The standard InChI is InChI=1S/C12H13Cl3N2O/c13-8-6-9(14)11(10(15)7-8)16-12(18)17-4-2-1-3-5-17/h6-7H,1-5H2,(H,16,18). The highest BCUT2D eigenvalue weighted by Gasteiger charge is 2.18. The Morgan fingerprint density at radius 2 is 1.61 bits per heavy atom. The number of likely N-dealkylation sites (tertiary alicyclic amines) is 1. The van der Waals surface area contributed by atoms with E-state index in [1.807, 2.05) is 0 Å². The van der Waals surface area contributed by atoms with Crippen molar-refractivity contribution >= 4 is 46.5 Å². The van der Waals surface area contributed by atoms with E-state index in [0.29, 0.717) is 20.8 Å². The van der Waals surface area contributed by atoms with Gasteiger partial charge in [0.1, 0.15) is 0 Å². The number of halogens is 3. The second-order valence-corrected chi connectivity index (χ2v) is 5.47. The van der Waals surface area contributed by atoms with E-state index in [0.717, 1.165) is 25.9 Å². The second kappa shape index (κ2) is 6.00. The summed E-state index contributed by atoms with van der Waals surface area (Å²) < 4.78 is 0. The smallest absolute Gasteiger partial charge is 0.321 e. The average Bonchev–Trinajstić information content (AvgIpc) is 2.34. The van der Waals surface area contributed by atoms with E-state index in [9.17, 15) is 4.79 Å². The second-order valence-electron chi connectivity index (χ2n) is 4.22. The normalized spacial score (nSPS) is 15.6. The Balaban J connectivity index is 2.11. The zero-order valence-corrected chi connectivity index (χ0v) is 11.9. The van der Waals surface area contributed by atoms with Crippen LogP contribution >= 0.6 is 34.8 Å². The van der Waals surface area contributed by atoms with Crippen LogP contribution in [0.5, 0.6) is 0 Å². The van der Waals surface area contributed by atoms with Crippen LogP contribution in [0.3, 0.4) is 0 Å². The van der Waals surface area contributed by atoms with Crippen LogP contribution in [0, 0.1) is 0 Å². The molecule has 98 valence electrons. The summed E-state index contributed by atoms with van der Waals surface area (Å²) in [5.74, 6) is 0. The van der Waals surface area contributed by atoms with Crippen molar-refractivity contribution in [2.45, 2.75) is 19.3 Å². The van der Waals surface area contributed by atoms with Gasteiger partial charge >= 0.3 is 6.03 Å². The van der Waals surface area contributed by atoms with Gasteiger partial charge < -0.3 is 10.2 Å². The molecular formula is C12H13Cl3N2O. The van der Waals surface area contributed by atoms with Crippen LogP contribution in [0.25, 0.3) is 0 Å². The maximum atomic E-state index is 12.0. The fraction of sp³-hybridized carbons (Fsp3) is 0.417. The number of benzene rings is 1. The van der Waals surface area contributed by atoms with Gasteiger partial charge in [0.25, 0.3) is 0 Å². The van der Waals surface area contributed by atoms with Gasteiger partial charge in [0.2, 0.25) is 0 Å². The molecule has 1 heterocycles. The van der Waals surface area contributed by atoms with E-state index in [1.54, 1.807) is 17.0 Å². The summed E-state index contributed by atoms with van der Waals surface area (Å²) in [5.41, 5.74) is 0.415. The van der Waals surface area contributed by atoms with Gasteiger partial charge in [-0.1, -0.05) is 34.8 Å². The summed E-state index contributed by atoms with van der Waals surface area (Å²) >= 11 is 17.8. The number of nitrogens with one attached hydrogen (secondary N) is 1. The van der Waals surface area contributed by atoms with Crippen LogP contribution in [0.15, 0.2) is 12.1 Å². The molecule has 1 saturated heterocycles. The molecule has 0 unspecified atom stereocenters. The fourth-order valence-electron chi connectivity index (χ4n) is 1.94. The third kappa shape index (κ3) is 3.22. The molecule has 0 bridgehead atoms. The first-order valence-electron chi connectivity index (χ1n) is 5.78. The number of hydrogen-bond donors (Lipinski definition) is 1. The van der Waals surface area contributed by atoms with Crippen molar-refractivity contribution in [3.63, 3.8) is 0 Å². The van der Waals surface area contributed by atoms with Crippen molar-refractivity contribution in [3.8, 4) is 0 Å². The number of piperidine rings is 1. The number of nitrogens with zero attached hydrogens (tertiary/aromatic N) is 1. The summed E-state index contributed by atoms with van der Waals surface area (Å²) in [7, 11) is 0. The van der Waals surface area contributed by atoms with E-state index in [1.165, 1.54) is 6.42 Å². The predicted octanol–water partition coefficient (Wildman–Crippen LogP) is 4.66. The van der Waals surface area contributed by atoms with Gasteiger partial charge in [-0.25, -0.2) is 4.79 Å². The Morgan fingerprint density at radius 1 is 1.06 bits per heavy atom. The fourth-order valence-corrected chi connectivity index (χ4v) is 2.86. The van der Waals surface area contributed by atoms with Crippen LogP contribution in [-0.2, 0) is 0 Å². The van der Waals surface area contributed by atoms with Crippen LogP contribution in [-0.4, -0.2) is 24.0 Å². The number of amides is 2. The summed E-state index contributed by atoms with van der Waals surface area (Å²) in [6.07, 6.45) is 3.25. The zero-order chi connectivity index (χ0) is 13.1. The number of urea groups is 1. The molecule has 1 N–H and O–H groups in total. The lowest BCUT2D eigenvalue weighted by molar-refractivity contribution is 0.200. The molecule has 3 nitrogen and oxygen atoms in total. The third-order valence-electron chi connectivity index (χ3n) is 2.88. The summed E-state index contributed by atoms with van der Waals surface area (Å²) in [6, 6.07) is 2.95. The molecule has 0 aliphatic carbocycles. The molecule has 0 spiro atoms. The zero-order valence-electron chi connectivity index (χ0n) is 9.68. The van der Waals surface area contributed by atoms with Gasteiger partial charge in [-0.05, 0) is 31.4 Å². The molecule has 0 radical (unpaired) electrons. The lowest BCUT2D eigenvalue weighted by Crippen LogP contribution is -2.38. The lowest BCUT2D eigenvalue weighted by Gasteiger charge is -2.27. The predicted molar refractivity (Wildman–Crippen MR) is 75.9 cm³/mol. The minimum absolute atomic E-state index is 0.166. The van der Waals surface area contributed by atoms with E-state index >= 15 is 0 Å². The highest BCUT2D eigenvalue weighted by atomic mass is 35.5. The monoisotopic (exact) mass is 306 g/mol. The minimum Gasteiger partial charge on any atom is -0.325 e. The Kier molecular flexibility index (Phi) is 4.60. The van der Waals surface area contributed by atoms with Crippen LogP contribution in [0.4, 0.5) is 10.5 Å². The number of anilines is 1. The highest BCUT2D eigenvalue weighted by molar-refractivity contribution is 6.42. The molecule has 2 rings (SSSR count). The van der Waals surface area contributed by atoms with Crippen molar-refractivity contribution < 1.29 is 4.79 Å². The lowest BCUT2D eigenvalue weighted by atomic mass is 10.1. The first-order chi connectivity index (χ1) is 8.58. The molecule has 6 heteroatoms. The Labute approximate surface area is 121 Å². The SMILES string of the molecule is O=C(Nc1c(Cl)cc(Cl)cc1Cl)N1CCCCC1. The molecule has 1 aliphatic heterocycles. The molecule has 0 aromatic heterocycles. The maximum absolute atomic E-state index is 12.0. The molecule has 18 heavy (non-hydrogen) atoms. The molecule has 1 aromatic carbocycles. The van der Waals surface area contributed by atoms with Gasteiger partial charge in [0.05, 0.1) is 15.7 Å². The number of rotatable bonds is 1. The molecule has 2 amide bonds. The van der Waals surface area contributed by atoms with Crippen molar-refractivity contribution in [2.24, 2.45) is 0 Å². The van der Waals surface area contributed by atoms with E-state index in [-0.39, 0.29) is 6.03 Å². The Hall–Kier alpha value is -0.640. The first-order valence-corrected chi connectivity index (χ1v) is 6.92. The van der Waals surface area contributed by atoms with Crippen LogP contribution in [0.1, 0.15) is 19.3 Å². The number of carbonyl (C=O) groups is 1.